The highest BCUT2D eigenvalue weighted by Gasteiger charge is 2.47. The molecule has 0 nitrogen and oxygen atoms in total. The standard InChI is InChI=1S/C26H44Br2S2Si2/c1-15(2)31(16(3)4,17(5)6)23-13-21(27)25(29-23)26-22(28)14-24(30-26)32(18(7)8,19(9)10)20(11)12/h13-20H,1-12H3. The Balaban J connectivity index is 2.73. The third-order valence-corrected chi connectivity index (χ3v) is 28.2. The summed E-state index contributed by atoms with van der Waals surface area (Å²) in [5.74, 6) is 0. The van der Waals surface area contributed by atoms with E-state index in [-0.39, 0.29) is 0 Å². The molecule has 0 aliphatic heterocycles. The fourth-order valence-electron chi connectivity index (χ4n) is 7.18. The van der Waals surface area contributed by atoms with Crippen molar-refractivity contribution in [2.75, 3.05) is 0 Å². The summed E-state index contributed by atoms with van der Waals surface area (Å²) in [4.78, 5) is 2.86. The molecule has 2 heterocycles. The van der Waals surface area contributed by atoms with Crippen LogP contribution in [0.15, 0.2) is 21.1 Å². The van der Waals surface area contributed by atoms with Crippen LogP contribution in [0.3, 0.4) is 0 Å². The third-order valence-electron chi connectivity index (χ3n) is 8.17. The van der Waals surface area contributed by atoms with Gasteiger partial charge in [-0.1, -0.05) is 83.1 Å². The minimum Gasteiger partial charge on any atom is -0.143 e. The maximum Gasteiger partial charge on any atom is 0.107 e. The van der Waals surface area contributed by atoms with Crippen molar-refractivity contribution in [3.8, 4) is 9.75 Å². The van der Waals surface area contributed by atoms with E-state index in [4.69, 9.17) is 0 Å². The second-order valence-electron chi connectivity index (χ2n) is 11.4. The predicted octanol–water partition coefficient (Wildman–Crippen LogP) is 10.8. The van der Waals surface area contributed by atoms with E-state index < -0.39 is 16.1 Å². The molecule has 0 aliphatic carbocycles. The second kappa shape index (κ2) is 10.8. The molecule has 0 aliphatic rings. The number of halogens is 2. The first kappa shape index (κ1) is 29.0. The predicted molar refractivity (Wildman–Crippen MR) is 164 cm³/mol. The Kier molecular flexibility index (Phi) is 9.81. The zero-order valence-electron chi connectivity index (χ0n) is 22.2. The van der Waals surface area contributed by atoms with Gasteiger partial charge in [0.2, 0.25) is 0 Å². The monoisotopic (exact) mass is 634 g/mol. The fourth-order valence-corrected chi connectivity index (χ4v) is 29.7. The quantitative estimate of drug-likeness (QED) is 0.240. The van der Waals surface area contributed by atoms with Crippen LogP contribution in [0.25, 0.3) is 9.75 Å². The van der Waals surface area contributed by atoms with Crippen LogP contribution in [0.4, 0.5) is 0 Å². The van der Waals surface area contributed by atoms with Crippen LogP contribution < -0.4 is 9.00 Å². The van der Waals surface area contributed by atoms with Gasteiger partial charge in [-0.15, -0.1) is 22.7 Å². The van der Waals surface area contributed by atoms with Crippen LogP contribution in [0.5, 0.6) is 0 Å². The molecule has 0 bridgehead atoms. The van der Waals surface area contributed by atoms with E-state index in [1.165, 1.54) is 18.7 Å². The average molecular weight is 637 g/mol. The van der Waals surface area contributed by atoms with Gasteiger partial charge in [-0.05, 0) is 86.2 Å². The third kappa shape index (κ3) is 4.64. The van der Waals surface area contributed by atoms with E-state index in [2.05, 4.69) is 150 Å². The summed E-state index contributed by atoms with van der Waals surface area (Å²) in [5, 5.41) is 0. The van der Waals surface area contributed by atoms with Crippen molar-refractivity contribution < 1.29 is 0 Å². The maximum absolute atomic E-state index is 4.00. The molecule has 0 saturated heterocycles. The van der Waals surface area contributed by atoms with Crippen LogP contribution in [0.2, 0.25) is 33.2 Å². The van der Waals surface area contributed by atoms with Crippen molar-refractivity contribution >= 4 is 79.7 Å². The van der Waals surface area contributed by atoms with E-state index in [1.54, 1.807) is 9.00 Å². The van der Waals surface area contributed by atoms with Crippen LogP contribution in [-0.2, 0) is 0 Å². The molecular formula is C26H44Br2S2Si2. The van der Waals surface area contributed by atoms with E-state index in [0.717, 1.165) is 33.2 Å². The molecule has 0 atom stereocenters. The van der Waals surface area contributed by atoms with Gasteiger partial charge in [0.25, 0.3) is 0 Å². The van der Waals surface area contributed by atoms with Gasteiger partial charge in [0, 0.05) is 8.95 Å². The van der Waals surface area contributed by atoms with E-state index in [0.29, 0.717) is 0 Å². The number of hydrogen-bond acceptors (Lipinski definition) is 2. The minimum atomic E-state index is -1.66. The molecule has 2 aromatic rings. The van der Waals surface area contributed by atoms with Crippen molar-refractivity contribution in [1.82, 2.24) is 0 Å². The maximum atomic E-state index is 4.00. The molecule has 6 heteroatoms. The largest absolute Gasteiger partial charge is 0.143 e. The number of hydrogen-bond donors (Lipinski definition) is 0. The highest BCUT2D eigenvalue weighted by Crippen LogP contribution is 2.49. The van der Waals surface area contributed by atoms with Gasteiger partial charge in [-0.3, -0.25) is 0 Å². The Labute approximate surface area is 225 Å². The lowest BCUT2D eigenvalue weighted by Gasteiger charge is -2.42. The molecule has 0 amide bonds. The molecule has 0 fully saturated rings. The summed E-state index contributed by atoms with van der Waals surface area (Å²) in [5.41, 5.74) is 4.37. The topological polar surface area (TPSA) is 0 Å². The Morgan fingerprint density at radius 2 is 0.719 bits per heavy atom. The molecule has 0 spiro atoms. The van der Waals surface area contributed by atoms with Crippen molar-refractivity contribution in [3.05, 3.63) is 21.1 Å². The van der Waals surface area contributed by atoms with Crippen molar-refractivity contribution in [2.45, 2.75) is 116 Å². The SMILES string of the molecule is CC(C)[Si](c1cc(Br)c(-c2sc([Si](C(C)C)(C(C)C)C(C)C)cc2Br)s1)(C(C)C)C(C)C. The molecule has 0 aromatic carbocycles. The Morgan fingerprint density at radius 1 is 0.500 bits per heavy atom. The van der Waals surface area contributed by atoms with Crippen molar-refractivity contribution in [3.63, 3.8) is 0 Å². The van der Waals surface area contributed by atoms with E-state index in [9.17, 15) is 0 Å². The fraction of sp³-hybridized carbons (Fsp3) is 0.692. The average Bonchev–Trinajstić information content (AvgIpc) is 3.17. The molecule has 32 heavy (non-hydrogen) atoms. The minimum absolute atomic E-state index is 0.728. The van der Waals surface area contributed by atoms with Gasteiger partial charge >= 0.3 is 0 Å². The lowest BCUT2D eigenvalue weighted by molar-refractivity contribution is 0.837. The summed E-state index contributed by atoms with van der Waals surface area (Å²) in [6, 6.07) is 4.99. The van der Waals surface area contributed by atoms with Gasteiger partial charge in [-0.2, -0.15) is 0 Å². The zero-order valence-corrected chi connectivity index (χ0v) is 29.0. The first-order chi connectivity index (χ1) is 14.7. The van der Waals surface area contributed by atoms with Crippen LogP contribution >= 0.6 is 54.5 Å². The van der Waals surface area contributed by atoms with Crippen LogP contribution in [-0.4, -0.2) is 16.1 Å². The van der Waals surface area contributed by atoms with Crippen LogP contribution in [0.1, 0.15) is 83.1 Å². The molecule has 0 radical (unpaired) electrons. The molecular weight excluding hydrogens is 592 g/mol. The Bertz CT molecular complexity index is 789. The molecule has 0 saturated carbocycles. The van der Waals surface area contributed by atoms with Gasteiger partial charge in [0.1, 0.15) is 16.1 Å². The molecule has 2 aromatic heterocycles. The van der Waals surface area contributed by atoms with Crippen molar-refractivity contribution in [1.29, 1.82) is 0 Å². The van der Waals surface area contributed by atoms with Gasteiger partial charge in [-0.25, -0.2) is 0 Å². The summed E-state index contributed by atoms with van der Waals surface area (Å²) in [6.07, 6.45) is 0. The van der Waals surface area contributed by atoms with E-state index in [1.807, 2.05) is 0 Å². The van der Waals surface area contributed by atoms with E-state index >= 15 is 0 Å². The van der Waals surface area contributed by atoms with Gasteiger partial charge in [0.05, 0.1) is 9.75 Å². The van der Waals surface area contributed by atoms with Crippen LogP contribution in [0, 0.1) is 0 Å². The second-order valence-corrected chi connectivity index (χ2v) is 27.6. The first-order valence-electron chi connectivity index (χ1n) is 12.3. The summed E-state index contributed by atoms with van der Waals surface area (Å²) >= 11 is 12.2. The first-order valence-corrected chi connectivity index (χ1v) is 19.9. The Hall–Kier alpha value is 0.794. The zero-order chi connectivity index (χ0) is 24.8. The van der Waals surface area contributed by atoms with Gasteiger partial charge in [0.15, 0.2) is 0 Å². The molecule has 2 rings (SSSR count). The Morgan fingerprint density at radius 3 is 0.906 bits per heavy atom. The van der Waals surface area contributed by atoms with Gasteiger partial charge < -0.3 is 0 Å². The molecule has 0 N–H and O–H groups in total. The van der Waals surface area contributed by atoms with Crippen molar-refractivity contribution in [2.24, 2.45) is 0 Å². The summed E-state index contributed by atoms with van der Waals surface area (Å²) in [6.45, 7) is 29.6. The molecule has 0 unspecified atom stereocenters. The summed E-state index contributed by atoms with van der Waals surface area (Å²) in [7, 11) is -3.32. The highest BCUT2D eigenvalue weighted by molar-refractivity contribution is 9.11. The molecule has 182 valence electrons. The lowest BCUT2D eigenvalue weighted by atomic mass is 10.4. The number of rotatable bonds is 9. The summed E-state index contributed by atoms with van der Waals surface area (Å²) < 4.78 is 5.91. The number of thiophene rings is 2. The normalized spacial score (nSPS) is 13.8. The highest BCUT2D eigenvalue weighted by atomic mass is 79.9. The smallest absolute Gasteiger partial charge is 0.107 e. The lowest BCUT2D eigenvalue weighted by Crippen LogP contribution is -2.54.